The molecule has 1 aliphatic heterocycles. The van der Waals surface area contributed by atoms with E-state index in [-0.39, 0.29) is 0 Å². The first-order chi connectivity index (χ1) is 9.63. The molecule has 1 heteroatoms. The number of aryl methyl sites for hydroxylation is 2. The predicted molar refractivity (Wildman–Crippen MR) is 86.5 cm³/mol. The van der Waals surface area contributed by atoms with Gasteiger partial charge in [-0.25, -0.2) is 0 Å². The van der Waals surface area contributed by atoms with E-state index < -0.39 is 0 Å². The molecular formula is C19H23N. The van der Waals surface area contributed by atoms with Crippen LogP contribution in [0.4, 0.5) is 5.69 Å². The number of hydrogen-bond acceptors (Lipinski definition) is 1. The molecule has 2 unspecified atom stereocenters. The van der Waals surface area contributed by atoms with Crippen molar-refractivity contribution >= 4 is 5.69 Å². The fraction of sp³-hybridized carbons (Fsp3) is 0.368. The maximum Gasteiger partial charge on any atom is 0.0377 e. The topological polar surface area (TPSA) is 12.0 Å². The van der Waals surface area contributed by atoms with E-state index in [2.05, 4.69) is 68.6 Å². The number of rotatable bonds is 2. The summed E-state index contributed by atoms with van der Waals surface area (Å²) in [6.07, 6.45) is 2.36. The maximum absolute atomic E-state index is 3.60. The molecule has 1 N–H and O–H groups in total. The van der Waals surface area contributed by atoms with Gasteiger partial charge in [0.25, 0.3) is 0 Å². The van der Waals surface area contributed by atoms with Crippen molar-refractivity contribution in [3.8, 4) is 0 Å². The van der Waals surface area contributed by atoms with E-state index in [9.17, 15) is 0 Å². The van der Waals surface area contributed by atoms with Crippen LogP contribution in [-0.2, 0) is 6.42 Å². The zero-order chi connectivity index (χ0) is 14.1. The minimum absolute atomic E-state index is 0.556. The van der Waals surface area contributed by atoms with Crippen molar-refractivity contribution in [2.45, 2.75) is 45.6 Å². The molecular weight excluding hydrogens is 242 g/mol. The van der Waals surface area contributed by atoms with Gasteiger partial charge >= 0.3 is 0 Å². The summed E-state index contributed by atoms with van der Waals surface area (Å²) in [6.45, 7) is 6.69. The predicted octanol–water partition coefficient (Wildman–Crippen LogP) is 4.83. The van der Waals surface area contributed by atoms with Crippen LogP contribution in [0.15, 0.2) is 42.5 Å². The van der Waals surface area contributed by atoms with Crippen LogP contribution in [0.2, 0.25) is 0 Å². The summed E-state index contributed by atoms with van der Waals surface area (Å²) < 4.78 is 0. The second-order valence-electron chi connectivity index (χ2n) is 6.20. The molecule has 1 nitrogen and oxygen atoms in total. The first kappa shape index (κ1) is 13.2. The molecule has 0 aromatic heterocycles. The molecule has 0 saturated carbocycles. The highest BCUT2D eigenvalue weighted by molar-refractivity contribution is 5.56. The quantitative estimate of drug-likeness (QED) is 0.819. The van der Waals surface area contributed by atoms with Crippen molar-refractivity contribution in [3.63, 3.8) is 0 Å². The van der Waals surface area contributed by atoms with Gasteiger partial charge in [-0.2, -0.15) is 0 Å². The molecule has 2 aromatic carbocycles. The van der Waals surface area contributed by atoms with Gasteiger partial charge in [0.1, 0.15) is 0 Å². The van der Waals surface area contributed by atoms with Crippen LogP contribution in [0, 0.1) is 13.8 Å². The summed E-state index contributed by atoms with van der Waals surface area (Å²) in [7, 11) is 0. The van der Waals surface area contributed by atoms with E-state index in [1.165, 1.54) is 34.4 Å². The zero-order valence-electron chi connectivity index (χ0n) is 12.6. The Hall–Kier alpha value is -1.76. The molecule has 104 valence electrons. The van der Waals surface area contributed by atoms with Crippen LogP contribution in [0.3, 0.4) is 0 Å². The van der Waals surface area contributed by atoms with Gasteiger partial charge < -0.3 is 5.32 Å². The summed E-state index contributed by atoms with van der Waals surface area (Å²) >= 11 is 0. The van der Waals surface area contributed by atoms with Gasteiger partial charge in [-0.3, -0.25) is 0 Å². The monoisotopic (exact) mass is 265 g/mol. The highest BCUT2D eigenvalue weighted by atomic mass is 14.9. The Morgan fingerprint density at radius 3 is 2.75 bits per heavy atom. The third-order valence-electron chi connectivity index (χ3n) is 4.41. The van der Waals surface area contributed by atoms with Crippen LogP contribution in [0.5, 0.6) is 0 Å². The Kier molecular flexibility index (Phi) is 3.52. The average Bonchev–Trinajstić information content (AvgIpc) is 2.43. The fourth-order valence-electron chi connectivity index (χ4n) is 3.34. The van der Waals surface area contributed by atoms with E-state index in [4.69, 9.17) is 0 Å². The Bertz CT molecular complexity index is 615. The average molecular weight is 265 g/mol. The lowest BCUT2D eigenvalue weighted by atomic mass is 9.82. The lowest BCUT2D eigenvalue weighted by Gasteiger charge is -2.32. The first-order valence-corrected chi connectivity index (χ1v) is 7.55. The molecule has 2 atom stereocenters. The minimum Gasteiger partial charge on any atom is -0.382 e. The minimum atomic E-state index is 0.556. The summed E-state index contributed by atoms with van der Waals surface area (Å²) in [5.41, 5.74) is 7.08. The summed E-state index contributed by atoms with van der Waals surface area (Å²) in [6, 6.07) is 16.1. The molecule has 2 aromatic rings. The number of hydrogen-bond donors (Lipinski definition) is 1. The molecule has 3 rings (SSSR count). The molecule has 20 heavy (non-hydrogen) atoms. The highest BCUT2D eigenvalue weighted by Crippen LogP contribution is 2.36. The van der Waals surface area contributed by atoms with Crippen molar-refractivity contribution in [1.29, 1.82) is 0 Å². The van der Waals surface area contributed by atoms with Crippen LogP contribution in [-0.4, -0.2) is 6.04 Å². The first-order valence-electron chi connectivity index (χ1n) is 7.55. The van der Waals surface area contributed by atoms with Gasteiger partial charge in [0.2, 0.25) is 0 Å². The van der Waals surface area contributed by atoms with E-state index in [0.29, 0.717) is 12.0 Å². The van der Waals surface area contributed by atoms with Crippen molar-refractivity contribution in [1.82, 2.24) is 0 Å². The summed E-state index contributed by atoms with van der Waals surface area (Å²) in [4.78, 5) is 0. The molecule has 0 amide bonds. The summed E-state index contributed by atoms with van der Waals surface area (Å²) in [5, 5.41) is 3.60. The standard InChI is InChI=1S/C19H23N/c1-13-8-9-14(2)16(10-13)12-17-11-15(3)20-19-7-5-4-6-18(17)19/h4-10,15,17,20H,11-12H2,1-3H3. The SMILES string of the molecule is Cc1ccc(C)c(CC2CC(C)Nc3ccccc32)c1. The Balaban J connectivity index is 1.93. The maximum atomic E-state index is 3.60. The van der Waals surface area contributed by atoms with Gasteiger partial charge in [-0.1, -0.05) is 42.0 Å². The number of nitrogens with one attached hydrogen (secondary N) is 1. The Morgan fingerprint density at radius 1 is 1.10 bits per heavy atom. The van der Waals surface area contributed by atoms with Crippen molar-refractivity contribution in [2.75, 3.05) is 5.32 Å². The van der Waals surface area contributed by atoms with Crippen LogP contribution >= 0.6 is 0 Å². The largest absolute Gasteiger partial charge is 0.382 e. The summed E-state index contributed by atoms with van der Waals surface area (Å²) in [5.74, 6) is 0.628. The van der Waals surface area contributed by atoms with Crippen LogP contribution in [0.1, 0.15) is 41.5 Å². The second kappa shape index (κ2) is 5.32. The van der Waals surface area contributed by atoms with Crippen molar-refractivity contribution in [2.24, 2.45) is 0 Å². The number of benzene rings is 2. The molecule has 0 aliphatic carbocycles. The lowest BCUT2D eigenvalue weighted by molar-refractivity contribution is 0.550. The number of para-hydroxylation sites is 1. The Morgan fingerprint density at radius 2 is 1.90 bits per heavy atom. The second-order valence-corrected chi connectivity index (χ2v) is 6.20. The van der Waals surface area contributed by atoms with E-state index in [0.717, 1.165) is 6.42 Å². The molecule has 0 radical (unpaired) electrons. The zero-order valence-corrected chi connectivity index (χ0v) is 12.6. The lowest BCUT2D eigenvalue weighted by Crippen LogP contribution is -2.26. The molecule has 1 heterocycles. The van der Waals surface area contributed by atoms with Gasteiger partial charge in [-0.05, 0) is 62.3 Å². The highest BCUT2D eigenvalue weighted by Gasteiger charge is 2.24. The van der Waals surface area contributed by atoms with E-state index in [1.54, 1.807) is 0 Å². The normalized spacial score (nSPS) is 21.1. The fourth-order valence-corrected chi connectivity index (χ4v) is 3.34. The molecule has 0 bridgehead atoms. The van der Waals surface area contributed by atoms with Crippen LogP contribution in [0.25, 0.3) is 0 Å². The van der Waals surface area contributed by atoms with Gasteiger partial charge in [0.05, 0.1) is 0 Å². The Labute approximate surface area is 122 Å². The number of fused-ring (bicyclic) bond motifs is 1. The van der Waals surface area contributed by atoms with Gasteiger partial charge in [0, 0.05) is 11.7 Å². The molecule has 0 spiro atoms. The van der Waals surface area contributed by atoms with Crippen LogP contribution < -0.4 is 5.32 Å². The van der Waals surface area contributed by atoms with Crippen molar-refractivity contribution < 1.29 is 0 Å². The smallest absolute Gasteiger partial charge is 0.0377 e. The van der Waals surface area contributed by atoms with Gasteiger partial charge in [0.15, 0.2) is 0 Å². The molecule has 0 saturated heterocycles. The third-order valence-corrected chi connectivity index (χ3v) is 4.41. The van der Waals surface area contributed by atoms with E-state index in [1.807, 2.05) is 0 Å². The van der Waals surface area contributed by atoms with Crippen molar-refractivity contribution in [3.05, 3.63) is 64.7 Å². The molecule has 0 fully saturated rings. The third kappa shape index (κ3) is 2.58. The number of anilines is 1. The molecule has 1 aliphatic rings. The van der Waals surface area contributed by atoms with Gasteiger partial charge in [-0.15, -0.1) is 0 Å². The van der Waals surface area contributed by atoms with E-state index >= 15 is 0 Å².